The first-order chi connectivity index (χ1) is 14.3. The first kappa shape index (κ1) is 22.5. The Morgan fingerprint density at radius 1 is 1.07 bits per heavy atom. The van der Waals surface area contributed by atoms with Gasteiger partial charge in [-0.05, 0) is 48.4 Å². The molecule has 2 heterocycles. The molecule has 1 atom stereocenters. The number of sulfonamides is 1. The topological polar surface area (TPSA) is 95.6 Å². The predicted octanol–water partition coefficient (Wildman–Crippen LogP) is 3.32. The third-order valence-corrected chi connectivity index (χ3v) is 7.80. The molecule has 9 heteroatoms. The van der Waals surface area contributed by atoms with Crippen LogP contribution in [0.15, 0.2) is 46.7 Å². The molecule has 0 saturated carbocycles. The van der Waals surface area contributed by atoms with Gasteiger partial charge < -0.3 is 10.6 Å². The smallest absolute Gasteiger partial charge is 0.262 e. The zero-order valence-electron chi connectivity index (χ0n) is 17.1. The number of thiophene rings is 1. The summed E-state index contributed by atoms with van der Waals surface area (Å²) in [4.78, 5) is 25.9. The van der Waals surface area contributed by atoms with E-state index >= 15 is 0 Å². The molecule has 1 aliphatic rings. The van der Waals surface area contributed by atoms with Crippen LogP contribution in [0.1, 0.15) is 42.8 Å². The minimum Gasteiger partial charge on any atom is -0.339 e. The molecule has 2 aromatic rings. The largest absolute Gasteiger partial charge is 0.339 e. The van der Waals surface area contributed by atoms with E-state index in [2.05, 4.69) is 10.6 Å². The summed E-state index contributed by atoms with van der Waals surface area (Å²) in [6.07, 6.45) is 2.75. The number of nitrogens with one attached hydrogen (secondary N) is 2. The highest BCUT2D eigenvalue weighted by molar-refractivity contribution is 7.89. The second-order valence-electron chi connectivity index (χ2n) is 7.65. The van der Waals surface area contributed by atoms with E-state index in [4.69, 9.17) is 0 Å². The van der Waals surface area contributed by atoms with Crippen molar-refractivity contribution in [1.82, 2.24) is 9.62 Å². The fourth-order valence-corrected chi connectivity index (χ4v) is 5.55. The first-order valence-electron chi connectivity index (χ1n) is 10.0. The molecule has 0 bridgehead atoms. The molecule has 1 aliphatic heterocycles. The van der Waals surface area contributed by atoms with Crippen LogP contribution in [0.5, 0.6) is 0 Å². The molecular weight excluding hydrogens is 422 g/mol. The van der Waals surface area contributed by atoms with Crippen molar-refractivity contribution in [1.29, 1.82) is 0 Å². The van der Waals surface area contributed by atoms with Crippen molar-refractivity contribution in [3.8, 4) is 0 Å². The van der Waals surface area contributed by atoms with E-state index < -0.39 is 16.1 Å². The molecular formula is C21H27N3O4S2. The molecule has 2 amide bonds. The summed E-state index contributed by atoms with van der Waals surface area (Å²) in [5.74, 6) is -0.836. The Bertz CT molecular complexity index is 981. The van der Waals surface area contributed by atoms with Crippen molar-refractivity contribution >= 4 is 38.9 Å². The molecule has 0 aliphatic carbocycles. The predicted molar refractivity (Wildman–Crippen MR) is 118 cm³/mol. The zero-order chi connectivity index (χ0) is 21.7. The Morgan fingerprint density at radius 3 is 2.43 bits per heavy atom. The second-order valence-corrected chi connectivity index (χ2v) is 10.5. The number of rotatable bonds is 7. The van der Waals surface area contributed by atoms with Gasteiger partial charge in [0.05, 0.1) is 9.77 Å². The van der Waals surface area contributed by atoms with Gasteiger partial charge in [0.1, 0.15) is 6.04 Å². The number of nitrogens with zero attached hydrogens (tertiary/aromatic N) is 1. The summed E-state index contributed by atoms with van der Waals surface area (Å²) in [5, 5.41) is 7.32. The third kappa shape index (κ3) is 5.27. The molecule has 162 valence electrons. The fraction of sp³-hybridized carbons (Fsp3) is 0.429. The van der Waals surface area contributed by atoms with Gasteiger partial charge in [-0.1, -0.05) is 32.4 Å². The number of hydrogen-bond donors (Lipinski definition) is 2. The number of carbonyl (C=O) groups is 2. The van der Waals surface area contributed by atoms with Crippen LogP contribution in [-0.4, -0.2) is 43.7 Å². The highest BCUT2D eigenvalue weighted by Gasteiger charge is 2.28. The van der Waals surface area contributed by atoms with E-state index in [1.54, 1.807) is 29.6 Å². The van der Waals surface area contributed by atoms with E-state index in [9.17, 15) is 18.0 Å². The summed E-state index contributed by atoms with van der Waals surface area (Å²) >= 11 is 1.30. The van der Waals surface area contributed by atoms with Crippen LogP contribution in [0, 0.1) is 5.92 Å². The molecule has 7 nitrogen and oxygen atoms in total. The molecule has 0 radical (unpaired) electrons. The van der Waals surface area contributed by atoms with E-state index in [0.29, 0.717) is 23.7 Å². The molecule has 1 aromatic carbocycles. The molecule has 0 spiro atoms. The quantitative estimate of drug-likeness (QED) is 0.678. The van der Waals surface area contributed by atoms with E-state index in [-0.39, 0.29) is 22.6 Å². The SMILES string of the molecule is CC(C)[C@@H](NC(=O)c1cccs1)C(=O)Nc1cccc(S(=O)(=O)N2CCCCC2)c1. The number of benzene rings is 1. The number of carbonyl (C=O) groups excluding carboxylic acids is 2. The lowest BCUT2D eigenvalue weighted by molar-refractivity contribution is -0.118. The second kappa shape index (κ2) is 9.72. The van der Waals surface area contributed by atoms with Crippen LogP contribution in [0.4, 0.5) is 5.69 Å². The number of anilines is 1. The average Bonchev–Trinajstić information content (AvgIpc) is 3.27. The van der Waals surface area contributed by atoms with Gasteiger partial charge in [0.15, 0.2) is 0 Å². The van der Waals surface area contributed by atoms with Gasteiger partial charge in [0, 0.05) is 18.8 Å². The van der Waals surface area contributed by atoms with Crippen molar-refractivity contribution in [3.05, 3.63) is 46.7 Å². The van der Waals surface area contributed by atoms with E-state index in [1.165, 1.54) is 27.8 Å². The highest BCUT2D eigenvalue weighted by atomic mass is 32.2. The summed E-state index contributed by atoms with van der Waals surface area (Å²) in [7, 11) is -3.59. The van der Waals surface area contributed by atoms with Crippen LogP contribution in [-0.2, 0) is 14.8 Å². The molecule has 1 fully saturated rings. The maximum absolute atomic E-state index is 12.9. The molecule has 3 rings (SSSR count). The minimum atomic E-state index is -3.59. The minimum absolute atomic E-state index is 0.144. The first-order valence-corrected chi connectivity index (χ1v) is 12.4. The summed E-state index contributed by atoms with van der Waals surface area (Å²) < 4.78 is 27.3. The fourth-order valence-electron chi connectivity index (χ4n) is 3.36. The van der Waals surface area contributed by atoms with Gasteiger partial charge in [-0.3, -0.25) is 9.59 Å². The Morgan fingerprint density at radius 2 is 1.80 bits per heavy atom. The molecule has 1 aromatic heterocycles. The van der Waals surface area contributed by atoms with Crippen molar-refractivity contribution in [2.24, 2.45) is 5.92 Å². The number of amides is 2. The van der Waals surface area contributed by atoms with Gasteiger partial charge in [0.2, 0.25) is 15.9 Å². The number of piperidine rings is 1. The van der Waals surface area contributed by atoms with Crippen molar-refractivity contribution in [2.75, 3.05) is 18.4 Å². The summed E-state index contributed by atoms with van der Waals surface area (Å²) in [6.45, 7) is 4.72. The monoisotopic (exact) mass is 449 g/mol. The van der Waals surface area contributed by atoms with Gasteiger partial charge in [-0.15, -0.1) is 11.3 Å². The van der Waals surface area contributed by atoms with Crippen molar-refractivity contribution < 1.29 is 18.0 Å². The van der Waals surface area contributed by atoms with Crippen LogP contribution >= 0.6 is 11.3 Å². The summed E-state index contributed by atoms with van der Waals surface area (Å²) in [6, 6.07) is 9.00. The van der Waals surface area contributed by atoms with Gasteiger partial charge in [-0.2, -0.15) is 4.31 Å². The lowest BCUT2D eigenvalue weighted by Gasteiger charge is -2.26. The Hall–Kier alpha value is -2.23. The Labute approximate surface area is 181 Å². The molecule has 2 N–H and O–H groups in total. The van der Waals surface area contributed by atoms with Crippen molar-refractivity contribution in [3.63, 3.8) is 0 Å². The standard InChI is InChI=1S/C21H27N3O4S2/c1-15(2)19(23-20(25)18-10-7-13-29-18)21(26)22-16-8-6-9-17(14-16)30(27,28)24-11-4-3-5-12-24/h6-10,13-15,19H,3-5,11-12H2,1-2H3,(H,22,26)(H,23,25)/t19-/m1/s1. The Balaban J connectivity index is 1.73. The summed E-state index contributed by atoms with van der Waals surface area (Å²) in [5.41, 5.74) is 0.383. The lowest BCUT2D eigenvalue weighted by atomic mass is 10.0. The van der Waals surface area contributed by atoms with Gasteiger partial charge in [-0.25, -0.2) is 8.42 Å². The molecule has 1 saturated heterocycles. The average molecular weight is 450 g/mol. The van der Waals surface area contributed by atoms with Crippen molar-refractivity contribution in [2.45, 2.75) is 44.0 Å². The maximum Gasteiger partial charge on any atom is 0.262 e. The van der Waals surface area contributed by atoms with E-state index in [1.807, 2.05) is 13.8 Å². The Kier molecular flexibility index (Phi) is 7.27. The molecule has 0 unspecified atom stereocenters. The third-order valence-electron chi connectivity index (χ3n) is 5.04. The zero-order valence-corrected chi connectivity index (χ0v) is 18.8. The van der Waals surface area contributed by atoms with Crippen LogP contribution in [0.25, 0.3) is 0 Å². The van der Waals surface area contributed by atoms with E-state index in [0.717, 1.165) is 19.3 Å². The molecule has 30 heavy (non-hydrogen) atoms. The lowest BCUT2D eigenvalue weighted by Crippen LogP contribution is -2.47. The van der Waals surface area contributed by atoms with Crippen LogP contribution in [0.3, 0.4) is 0 Å². The van der Waals surface area contributed by atoms with Crippen LogP contribution < -0.4 is 10.6 Å². The van der Waals surface area contributed by atoms with Gasteiger partial charge in [0.25, 0.3) is 5.91 Å². The highest BCUT2D eigenvalue weighted by Crippen LogP contribution is 2.23. The van der Waals surface area contributed by atoms with Crippen LogP contribution in [0.2, 0.25) is 0 Å². The maximum atomic E-state index is 12.9. The van der Waals surface area contributed by atoms with Gasteiger partial charge >= 0.3 is 0 Å². The normalized spacial score (nSPS) is 16.2. The number of hydrogen-bond acceptors (Lipinski definition) is 5.